The summed E-state index contributed by atoms with van der Waals surface area (Å²) in [4.78, 5) is 7.35. The second kappa shape index (κ2) is 9.67. The minimum atomic E-state index is -4.17. The molecule has 1 saturated heterocycles. The zero-order valence-electron chi connectivity index (χ0n) is 12.4. The fourth-order valence-electron chi connectivity index (χ4n) is 2.15. The van der Waals surface area contributed by atoms with Crippen LogP contribution in [-0.4, -0.2) is 80.0 Å². The molecule has 126 valence electrons. The zero-order chi connectivity index (χ0) is 15.2. The maximum Gasteiger partial charge on any atom is 0.401 e. The van der Waals surface area contributed by atoms with Crippen LogP contribution >= 0.6 is 24.0 Å². The Labute approximate surface area is 140 Å². The number of likely N-dealkylation sites (tertiary alicyclic amines) is 1. The number of aliphatic imine (C=N–C) groups is 1. The van der Waals surface area contributed by atoms with Crippen LogP contribution in [0.25, 0.3) is 0 Å². The molecule has 9 heteroatoms. The molecule has 0 atom stereocenters. The number of hydrogen-bond donors (Lipinski definition) is 2. The van der Waals surface area contributed by atoms with Crippen molar-refractivity contribution in [2.45, 2.75) is 25.1 Å². The Bertz CT molecular complexity index is 320. The molecule has 0 unspecified atom stereocenters. The Hall–Kier alpha value is -0.290. The number of likely N-dealkylation sites (N-methyl/N-ethyl adjacent to an activating group) is 1. The second-order valence-corrected chi connectivity index (χ2v) is 5.05. The first-order chi connectivity index (χ1) is 9.31. The summed E-state index contributed by atoms with van der Waals surface area (Å²) in [5, 5.41) is 12.5. The van der Waals surface area contributed by atoms with Gasteiger partial charge in [-0.2, -0.15) is 13.2 Å². The molecule has 21 heavy (non-hydrogen) atoms. The van der Waals surface area contributed by atoms with Crippen LogP contribution in [0.15, 0.2) is 4.99 Å². The van der Waals surface area contributed by atoms with Gasteiger partial charge in [-0.3, -0.25) is 9.89 Å². The third kappa shape index (κ3) is 8.67. The Morgan fingerprint density at radius 1 is 1.38 bits per heavy atom. The van der Waals surface area contributed by atoms with Crippen molar-refractivity contribution in [3.05, 3.63) is 0 Å². The summed E-state index contributed by atoms with van der Waals surface area (Å²) in [6.45, 7) is 1.19. The van der Waals surface area contributed by atoms with Gasteiger partial charge in [0.15, 0.2) is 5.96 Å². The van der Waals surface area contributed by atoms with Crippen LogP contribution in [0, 0.1) is 0 Å². The molecule has 0 amide bonds. The largest absolute Gasteiger partial charge is 0.401 e. The van der Waals surface area contributed by atoms with Crippen LogP contribution in [0.1, 0.15) is 12.8 Å². The summed E-state index contributed by atoms with van der Waals surface area (Å²) in [6, 6.07) is 0. The number of alkyl halides is 3. The van der Waals surface area contributed by atoms with E-state index in [-0.39, 0.29) is 36.6 Å². The van der Waals surface area contributed by atoms with Crippen molar-refractivity contribution in [2.75, 3.05) is 46.8 Å². The van der Waals surface area contributed by atoms with E-state index in [9.17, 15) is 18.3 Å². The monoisotopic (exact) mass is 424 g/mol. The Balaban J connectivity index is 0.00000400. The minimum absolute atomic E-state index is 0. The van der Waals surface area contributed by atoms with Gasteiger partial charge in [0.05, 0.1) is 12.6 Å². The number of guanidine groups is 1. The number of rotatable bonds is 4. The van der Waals surface area contributed by atoms with Crippen molar-refractivity contribution in [2.24, 2.45) is 4.99 Å². The summed E-state index contributed by atoms with van der Waals surface area (Å²) in [5.74, 6) is 0.678. The molecule has 1 heterocycles. The molecule has 2 N–H and O–H groups in total. The van der Waals surface area contributed by atoms with E-state index in [1.807, 2.05) is 4.90 Å². The highest BCUT2D eigenvalue weighted by Crippen LogP contribution is 2.15. The lowest BCUT2D eigenvalue weighted by atomic mass is 10.1. The second-order valence-electron chi connectivity index (χ2n) is 5.05. The van der Waals surface area contributed by atoms with Crippen LogP contribution in [0.2, 0.25) is 0 Å². The SMILES string of the molecule is CN=C(NCCN(C)CC(F)(F)F)N1CCC(O)CC1.I. The highest BCUT2D eigenvalue weighted by Gasteiger charge is 2.29. The first-order valence-electron chi connectivity index (χ1n) is 6.71. The van der Waals surface area contributed by atoms with E-state index in [0.29, 0.717) is 38.4 Å². The van der Waals surface area contributed by atoms with Gasteiger partial charge >= 0.3 is 6.18 Å². The summed E-state index contributed by atoms with van der Waals surface area (Å²) in [6.07, 6.45) is -3.05. The lowest BCUT2D eigenvalue weighted by molar-refractivity contribution is -0.142. The van der Waals surface area contributed by atoms with Crippen molar-refractivity contribution in [3.63, 3.8) is 0 Å². The van der Waals surface area contributed by atoms with Gasteiger partial charge < -0.3 is 15.3 Å². The molecule has 0 aromatic carbocycles. The summed E-state index contributed by atoms with van der Waals surface area (Å²) in [7, 11) is 3.09. The normalized spacial score (nSPS) is 17.9. The number of halogens is 4. The molecule has 0 aromatic heterocycles. The fourth-order valence-corrected chi connectivity index (χ4v) is 2.15. The van der Waals surface area contributed by atoms with E-state index in [1.165, 1.54) is 11.9 Å². The standard InChI is InChI=1S/C12H23F3N4O.HI/c1-16-11(19-6-3-10(20)4-7-19)17-5-8-18(2)9-12(13,14)15;/h10,20H,3-9H2,1-2H3,(H,16,17);1H. The van der Waals surface area contributed by atoms with Crippen molar-refractivity contribution in [1.82, 2.24) is 15.1 Å². The van der Waals surface area contributed by atoms with E-state index in [0.717, 1.165) is 0 Å². The number of aliphatic hydroxyl groups is 1. The average molecular weight is 424 g/mol. The van der Waals surface area contributed by atoms with Gasteiger partial charge in [0.25, 0.3) is 0 Å². The van der Waals surface area contributed by atoms with E-state index >= 15 is 0 Å². The predicted octanol–water partition coefficient (Wildman–Crippen LogP) is 1.13. The molecule has 5 nitrogen and oxygen atoms in total. The van der Waals surface area contributed by atoms with E-state index in [2.05, 4.69) is 10.3 Å². The minimum Gasteiger partial charge on any atom is -0.393 e. The van der Waals surface area contributed by atoms with Gasteiger partial charge in [-0.15, -0.1) is 24.0 Å². The first-order valence-corrected chi connectivity index (χ1v) is 6.71. The number of aliphatic hydroxyl groups excluding tert-OH is 1. The third-order valence-corrected chi connectivity index (χ3v) is 3.20. The van der Waals surface area contributed by atoms with Gasteiger partial charge in [0.2, 0.25) is 0 Å². The maximum absolute atomic E-state index is 12.2. The maximum atomic E-state index is 12.2. The average Bonchev–Trinajstić information content (AvgIpc) is 2.34. The zero-order valence-corrected chi connectivity index (χ0v) is 14.7. The molecule has 0 saturated carbocycles. The van der Waals surface area contributed by atoms with Crippen molar-refractivity contribution < 1.29 is 18.3 Å². The van der Waals surface area contributed by atoms with Crippen LogP contribution in [0.4, 0.5) is 13.2 Å². The van der Waals surface area contributed by atoms with Gasteiger partial charge in [0, 0.05) is 33.2 Å². The topological polar surface area (TPSA) is 51.1 Å². The van der Waals surface area contributed by atoms with Crippen LogP contribution in [0.3, 0.4) is 0 Å². The Kier molecular flexibility index (Phi) is 9.54. The molecule has 1 aliphatic rings. The van der Waals surface area contributed by atoms with Crippen LogP contribution in [-0.2, 0) is 0 Å². The highest BCUT2D eigenvalue weighted by atomic mass is 127. The lowest BCUT2D eigenvalue weighted by Crippen LogP contribution is -2.48. The Morgan fingerprint density at radius 3 is 2.43 bits per heavy atom. The van der Waals surface area contributed by atoms with Gasteiger partial charge in [0.1, 0.15) is 0 Å². The molecular weight excluding hydrogens is 400 g/mol. The number of nitrogens with zero attached hydrogens (tertiary/aromatic N) is 3. The smallest absolute Gasteiger partial charge is 0.393 e. The van der Waals surface area contributed by atoms with Crippen LogP contribution in [0.5, 0.6) is 0 Å². The van der Waals surface area contributed by atoms with Gasteiger partial charge in [-0.05, 0) is 19.9 Å². The molecule has 1 fully saturated rings. The molecule has 0 radical (unpaired) electrons. The highest BCUT2D eigenvalue weighted by molar-refractivity contribution is 14.0. The Morgan fingerprint density at radius 2 is 1.95 bits per heavy atom. The first kappa shape index (κ1) is 20.7. The molecule has 0 aromatic rings. The molecule has 0 spiro atoms. The quantitative estimate of drug-likeness (QED) is 0.404. The van der Waals surface area contributed by atoms with Crippen molar-refractivity contribution >= 4 is 29.9 Å². The fraction of sp³-hybridized carbons (Fsp3) is 0.917. The van der Waals surface area contributed by atoms with E-state index in [4.69, 9.17) is 0 Å². The van der Waals surface area contributed by atoms with Gasteiger partial charge in [-0.25, -0.2) is 0 Å². The number of piperidine rings is 1. The number of nitrogens with one attached hydrogen (secondary N) is 1. The molecule has 0 aliphatic carbocycles. The summed E-state index contributed by atoms with van der Waals surface area (Å²) < 4.78 is 36.5. The molecule has 1 aliphatic heterocycles. The molecule has 0 bridgehead atoms. The van der Waals surface area contributed by atoms with E-state index in [1.54, 1.807) is 7.05 Å². The molecular formula is C12H24F3IN4O. The lowest BCUT2D eigenvalue weighted by Gasteiger charge is -2.32. The van der Waals surface area contributed by atoms with Crippen molar-refractivity contribution in [1.29, 1.82) is 0 Å². The van der Waals surface area contributed by atoms with Gasteiger partial charge in [-0.1, -0.05) is 0 Å². The predicted molar refractivity (Wildman–Crippen MR) is 87.1 cm³/mol. The van der Waals surface area contributed by atoms with Crippen molar-refractivity contribution in [3.8, 4) is 0 Å². The van der Waals surface area contributed by atoms with E-state index < -0.39 is 12.7 Å². The van der Waals surface area contributed by atoms with Crippen LogP contribution < -0.4 is 5.32 Å². The third-order valence-electron chi connectivity index (χ3n) is 3.20. The molecule has 1 rings (SSSR count). The summed E-state index contributed by atoms with van der Waals surface area (Å²) >= 11 is 0. The summed E-state index contributed by atoms with van der Waals surface area (Å²) in [5.41, 5.74) is 0. The number of hydrogen-bond acceptors (Lipinski definition) is 3.